The number of hydrogen-bond donors (Lipinski definition) is 1. The van der Waals surface area contributed by atoms with E-state index < -0.39 is 21.9 Å². The minimum absolute atomic E-state index is 0.153. The summed E-state index contributed by atoms with van der Waals surface area (Å²) >= 11 is 6.63. The monoisotopic (exact) mass is 523 g/mol. The quantitative estimate of drug-likeness (QED) is 0.538. The normalized spacial score (nSPS) is 12.4. The summed E-state index contributed by atoms with van der Waals surface area (Å²) in [5.74, 6) is 0. The van der Waals surface area contributed by atoms with Gasteiger partial charge in [-0.25, -0.2) is 18.2 Å². The summed E-state index contributed by atoms with van der Waals surface area (Å²) in [4.78, 5) is -0.153. The van der Waals surface area contributed by atoms with E-state index in [1.165, 1.54) is 24.3 Å². The number of nitrogens with two attached hydrogens (primary N) is 1. The molecule has 11 heteroatoms. The number of nitrogens with zero attached hydrogens (tertiary/aromatic N) is 2. The third-order valence-corrected chi connectivity index (χ3v) is 5.73. The summed E-state index contributed by atoms with van der Waals surface area (Å²) < 4.78 is 64.8. The molecule has 0 bridgehead atoms. The van der Waals surface area contributed by atoms with E-state index in [-0.39, 0.29) is 16.3 Å². The van der Waals surface area contributed by atoms with Gasteiger partial charge in [-0.15, -0.1) is 0 Å². The lowest BCUT2D eigenvalue weighted by Crippen LogP contribution is -2.12. The molecule has 27 heavy (non-hydrogen) atoms. The van der Waals surface area contributed by atoms with Crippen LogP contribution in [0.5, 0.6) is 0 Å². The van der Waals surface area contributed by atoms with Crippen LogP contribution in [0.2, 0.25) is 0 Å². The van der Waals surface area contributed by atoms with Crippen LogP contribution in [0, 0.1) is 0 Å². The summed E-state index contributed by atoms with van der Waals surface area (Å²) in [5.41, 5.74) is -0.165. The Labute approximate surface area is 169 Å². The second-order valence-electron chi connectivity index (χ2n) is 5.49. The molecule has 0 spiro atoms. The van der Waals surface area contributed by atoms with E-state index in [4.69, 9.17) is 5.14 Å². The zero-order valence-corrected chi connectivity index (χ0v) is 17.2. The van der Waals surface area contributed by atoms with Gasteiger partial charge >= 0.3 is 6.18 Å². The molecule has 0 aliphatic carbocycles. The van der Waals surface area contributed by atoms with Gasteiger partial charge in [-0.2, -0.15) is 18.3 Å². The van der Waals surface area contributed by atoms with Crippen molar-refractivity contribution in [2.45, 2.75) is 11.1 Å². The van der Waals surface area contributed by atoms with Gasteiger partial charge in [0, 0.05) is 14.5 Å². The van der Waals surface area contributed by atoms with Crippen LogP contribution in [0.4, 0.5) is 13.2 Å². The molecule has 0 fully saturated rings. The minimum Gasteiger partial charge on any atom is -0.232 e. The third kappa shape index (κ3) is 4.26. The Hall–Kier alpha value is -1.69. The highest BCUT2D eigenvalue weighted by atomic mass is 79.9. The predicted molar refractivity (Wildman–Crippen MR) is 101 cm³/mol. The van der Waals surface area contributed by atoms with Crippen LogP contribution in [0.1, 0.15) is 5.69 Å². The second kappa shape index (κ2) is 7.04. The smallest absolute Gasteiger partial charge is 0.232 e. The maximum Gasteiger partial charge on any atom is 0.435 e. The first-order valence-electron chi connectivity index (χ1n) is 7.23. The van der Waals surface area contributed by atoms with Gasteiger partial charge in [-0.3, -0.25) is 0 Å². The van der Waals surface area contributed by atoms with Gasteiger partial charge in [-0.05, 0) is 48.5 Å². The lowest BCUT2D eigenvalue weighted by Gasteiger charge is -2.10. The second-order valence-corrected chi connectivity index (χ2v) is 8.82. The van der Waals surface area contributed by atoms with Crippen LogP contribution in [-0.4, -0.2) is 18.2 Å². The van der Waals surface area contributed by atoms with Crippen molar-refractivity contribution in [1.82, 2.24) is 9.78 Å². The van der Waals surface area contributed by atoms with Crippen molar-refractivity contribution in [3.8, 4) is 16.9 Å². The van der Waals surface area contributed by atoms with E-state index in [1.807, 2.05) is 0 Å². The molecule has 3 aromatic rings. The van der Waals surface area contributed by atoms with Gasteiger partial charge in [0.1, 0.15) is 0 Å². The van der Waals surface area contributed by atoms with Gasteiger partial charge in [-0.1, -0.05) is 31.9 Å². The van der Waals surface area contributed by atoms with Crippen molar-refractivity contribution in [1.29, 1.82) is 0 Å². The molecule has 0 aliphatic heterocycles. The molecular formula is C16H10Br2F3N3O2S. The van der Waals surface area contributed by atoms with Crippen molar-refractivity contribution < 1.29 is 21.6 Å². The third-order valence-electron chi connectivity index (χ3n) is 3.61. The number of rotatable bonds is 3. The zero-order valence-electron chi connectivity index (χ0n) is 13.2. The lowest BCUT2D eigenvalue weighted by molar-refractivity contribution is -0.141. The van der Waals surface area contributed by atoms with E-state index in [1.54, 1.807) is 18.2 Å². The first kappa shape index (κ1) is 20.1. The summed E-state index contributed by atoms with van der Waals surface area (Å²) in [6.45, 7) is 0. The largest absolute Gasteiger partial charge is 0.435 e. The molecule has 1 aromatic heterocycles. The van der Waals surface area contributed by atoms with Crippen molar-refractivity contribution >= 4 is 41.9 Å². The summed E-state index contributed by atoms with van der Waals surface area (Å²) in [5, 5.41) is 8.72. The SMILES string of the molecule is NS(=O)(=O)c1ccc(-n2nc(C(F)(F)F)cc2-c2cc(Br)ccc2Br)cc1. The van der Waals surface area contributed by atoms with Crippen molar-refractivity contribution in [3.05, 3.63) is 63.2 Å². The lowest BCUT2D eigenvalue weighted by atomic mass is 10.1. The molecule has 0 radical (unpaired) electrons. The summed E-state index contributed by atoms with van der Waals surface area (Å²) in [6.07, 6.45) is -4.64. The first-order valence-corrected chi connectivity index (χ1v) is 10.4. The van der Waals surface area contributed by atoms with Crippen LogP contribution in [0.15, 0.2) is 62.4 Å². The van der Waals surface area contributed by atoms with Gasteiger partial charge in [0.15, 0.2) is 5.69 Å². The molecule has 0 amide bonds. The Morgan fingerprint density at radius 1 is 1.00 bits per heavy atom. The highest BCUT2D eigenvalue weighted by Crippen LogP contribution is 2.37. The van der Waals surface area contributed by atoms with E-state index >= 15 is 0 Å². The highest BCUT2D eigenvalue weighted by Gasteiger charge is 2.35. The fraction of sp³-hybridized carbons (Fsp3) is 0.0625. The Kier molecular flexibility index (Phi) is 5.23. The fourth-order valence-corrected chi connectivity index (χ4v) is 3.71. The van der Waals surface area contributed by atoms with Crippen molar-refractivity contribution in [3.63, 3.8) is 0 Å². The number of halogens is 5. The average Bonchev–Trinajstić information content (AvgIpc) is 3.02. The molecule has 142 valence electrons. The summed E-state index contributed by atoms with van der Waals surface area (Å²) in [6, 6.07) is 11.1. The Balaban J connectivity index is 2.23. The van der Waals surface area contributed by atoms with Crippen molar-refractivity contribution in [2.75, 3.05) is 0 Å². The van der Waals surface area contributed by atoms with E-state index in [0.717, 1.165) is 10.7 Å². The standard InChI is InChI=1S/C16H10Br2F3N3O2S/c17-9-1-6-13(18)12(7-9)14-8-15(16(19,20)21)23-24(14)10-2-4-11(5-3-10)27(22,25)26/h1-8H,(H2,22,25,26). The zero-order chi connectivity index (χ0) is 20.0. The highest BCUT2D eigenvalue weighted by molar-refractivity contribution is 9.11. The molecule has 0 unspecified atom stereocenters. The molecule has 2 N–H and O–H groups in total. The van der Waals surface area contributed by atoms with Crippen LogP contribution >= 0.6 is 31.9 Å². The number of primary sulfonamides is 1. The maximum absolute atomic E-state index is 13.2. The summed E-state index contributed by atoms with van der Waals surface area (Å²) in [7, 11) is -3.92. The number of aromatic nitrogens is 2. The predicted octanol–water partition coefficient (Wildman–Crippen LogP) is 4.73. The van der Waals surface area contributed by atoms with E-state index in [2.05, 4.69) is 37.0 Å². The van der Waals surface area contributed by atoms with E-state index in [0.29, 0.717) is 14.5 Å². The van der Waals surface area contributed by atoms with Gasteiger partial charge in [0.2, 0.25) is 10.0 Å². The number of benzene rings is 2. The van der Waals surface area contributed by atoms with Crippen molar-refractivity contribution in [2.24, 2.45) is 5.14 Å². The molecule has 1 heterocycles. The van der Waals surface area contributed by atoms with Crippen LogP contribution < -0.4 is 5.14 Å². The molecule has 0 saturated carbocycles. The van der Waals surface area contributed by atoms with Gasteiger partial charge in [0.25, 0.3) is 0 Å². The Morgan fingerprint density at radius 3 is 2.19 bits per heavy atom. The molecular weight excluding hydrogens is 515 g/mol. The number of alkyl halides is 3. The molecule has 5 nitrogen and oxygen atoms in total. The number of sulfonamides is 1. The Morgan fingerprint density at radius 2 is 1.63 bits per heavy atom. The fourth-order valence-electron chi connectivity index (χ4n) is 2.38. The molecule has 0 saturated heterocycles. The topological polar surface area (TPSA) is 78.0 Å². The maximum atomic E-state index is 13.2. The van der Waals surface area contributed by atoms with Gasteiger partial charge < -0.3 is 0 Å². The van der Waals surface area contributed by atoms with Crippen LogP contribution in [0.25, 0.3) is 16.9 Å². The van der Waals surface area contributed by atoms with Gasteiger partial charge in [0.05, 0.1) is 16.3 Å². The molecule has 0 atom stereocenters. The molecule has 2 aromatic carbocycles. The first-order chi connectivity index (χ1) is 12.5. The molecule has 0 aliphatic rings. The Bertz CT molecular complexity index is 1110. The number of hydrogen-bond acceptors (Lipinski definition) is 3. The van der Waals surface area contributed by atoms with Crippen LogP contribution in [-0.2, 0) is 16.2 Å². The minimum atomic E-state index is -4.64. The molecule has 3 rings (SSSR count). The van der Waals surface area contributed by atoms with E-state index in [9.17, 15) is 21.6 Å². The average molecular weight is 525 g/mol. The van der Waals surface area contributed by atoms with Crippen LogP contribution in [0.3, 0.4) is 0 Å².